The standard InChI is InChI=1S/C25H26F2N4O4/c1-24(2,15-32)14-30-22-11-16(9-10-28-22)13-29-19-6-4-3-5-18(19)23(33)31-17-7-8-20-21(12-17)35-25(26,27)34-20/h3-12,29,32H,13-15H2,1-2H3,(H,28,30)(H,31,33). The van der Waals surface area contributed by atoms with Gasteiger partial charge in [-0.1, -0.05) is 26.0 Å². The molecule has 184 valence electrons. The molecule has 0 atom stereocenters. The van der Waals surface area contributed by atoms with Crippen molar-refractivity contribution in [2.24, 2.45) is 5.41 Å². The molecule has 3 aromatic rings. The molecule has 2 heterocycles. The van der Waals surface area contributed by atoms with Gasteiger partial charge in [0.15, 0.2) is 11.5 Å². The molecule has 4 rings (SSSR count). The first-order valence-electron chi connectivity index (χ1n) is 11.0. The van der Waals surface area contributed by atoms with E-state index in [-0.39, 0.29) is 23.5 Å². The number of nitrogens with zero attached hydrogens (tertiary/aromatic N) is 1. The average Bonchev–Trinajstić information content (AvgIpc) is 3.15. The Bertz CT molecular complexity index is 1220. The molecule has 1 aliphatic rings. The van der Waals surface area contributed by atoms with Gasteiger partial charge in [0.05, 0.1) is 5.56 Å². The number of carbonyl (C=O) groups excluding carboxylic acids is 1. The zero-order valence-electron chi connectivity index (χ0n) is 19.3. The van der Waals surface area contributed by atoms with Crippen LogP contribution in [0.15, 0.2) is 60.8 Å². The van der Waals surface area contributed by atoms with Gasteiger partial charge in [-0.3, -0.25) is 4.79 Å². The molecule has 0 saturated heterocycles. The summed E-state index contributed by atoms with van der Waals surface area (Å²) in [6.45, 7) is 4.95. The second-order valence-corrected chi connectivity index (χ2v) is 8.91. The number of hydrogen-bond donors (Lipinski definition) is 4. The number of halogens is 2. The summed E-state index contributed by atoms with van der Waals surface area (Å²) in [7, 11) is 0. The van der Waals surface area contributed by atoms with E-state index in [1.165, 1.54) is 18.2 Å². The number of para-hydroxylation sites is 1. The highest BCUT2D eigenvalue weighted by Crippen LogP contribution is 2.42. The first-order valence-corrected chi connectivity index (χ1v) is 11.0. The third kappa shape index (κ3) is 6.15. The van der Waals surface area contributed by atoms with Crippen LogP contribution in [0.3, 0.4) is 0 Å². The molecule has 8 nitrogen and oxygen atoms in total. The first-order chi connectivity index (χ1) is 16.6. The van der Waals surface area contributed by atoms with Crippen LogP contribution in [0.2, 0.25) is 0 Å². The molecular formula is C25H26F2N4O4. The van der Waals surface area contributed by atoms with Crippen molar-refractivity contribution in [3.8, 4) is 11.5 Å². The molecule has 4 N–H and O–H groups in total. The van der Waals surface area contributed by atoms with Crippen molar-refractivity contribution in [1.29, 1.82) is 0 Å². The van der Waals surface area contributed by atoms with Crippen LogP contribution in [0, 0.1) is 5.41 Å². The minimum absolute atomic E-state index is 0.0544. The predicted octanol–water partition coefficient (Wildman–Crippen LogP) is 4.70. The number of pyridine rings is 1. The van der Waals surface area contributed by atoms with Crippen molar-refractivity contribution in [3.63, 3.8) is 0 Å². The lowest BCUT2D eigenvalue weighted by Gasteiger charge is -2.22. The van der Waals surface area contributed by atoms with Crippen molar-refractivity contribution in [2.45, 2.75) is 26.7 Å². The lowest BCUT2D eigenvalue weighted by Crippen LogP contribution is -2.27. The van der Waals surface area contributed by atoms with Gasteiger partial charge >= 0.3 is 6.29 Å². The van der Waals surface area contributed by atoms with Crippen molar-refractivity contribution in [3.05, 3.63) is 71.9 Å². The van der Waals surface area contributed by atoms with Crippen molar-refractivity contribution in [2.75, 3.05) is 29.1 Å². The Kier molecular flexibility index (Phi) is 6.74. The summed E-state index contributed by atoms with van der Waals surface area (Å²) in [6.07, 6.45) is -2.04. The maximum Gasteiger partial charge on any atom is 0.586 e. The molecule has 10 heteroatoms. The Balaban J connectivity index is 1.41. The quantitative estimate of drug-likeness (QED) is 0.349. The van der Waals surface area contributed by atoms with Crippen LogP contribution < -0.4 is 25.4 Å². The van der Waals surface area contributed by atoms with Crippen LogP contribution in [0.4, 0.5) is 26.0 Å². The SMILES string of the molecule is CC(C)(CO)CNc1cc(CNc2ccccc2C(=O)Nc2ccc3c(c2)OC(F)(F)O3)ccn1. The van der Waals surface area contributed by atoms with E-state index in [1.807, 2.05) is 26.0 Å². The molecule has 1 amide bonds. The molecule has 2 aromatic carbocycles. The summed E-state index contributed by atoms with van der Waals surface area (Å²) >= 11 is 0. The number of anilines is 3. The Hall–Kier alpha value is -3.92. The number of carbonyl (C=O) groups is 1. The van der Waals surface area contributed by atoms with Gasteiger partial charge in [-0.2, -0.15) is 0 Å². The largest absolute Gasteiger partial charge is 0.586 e. The maximum absolute atomic E-state index is 13.3. The smallest absolute Gasteiger partial charge is 0.396 e. The second kappa shape index (κ2) is 9.75. The molecule has 0 fully saturated rings. The summed E-state index contributed by atoms with van der Waals surface area (Å²) in [5.41, 5.74) is 1.94. The highest BCUT2D eigenvalue weighted by Gasteiger charge is 2.43. The number of fused-ring (bicyclic) bond motifs is 1. The lowest BCUT2D eigenvalue weighted by atomic mass is 9.95. The summed E-state index contributed by atoms with van der Waals surface area (Å²) in [6, 6.07) is 14.8. The van der Waals surface area contributed by atoms with Crippen molar-refractivity contribution in [1.82, 2.24) is 4.98 Å². The fraction of sp³-hybridized carbons (Fsp3) is 0.280. The van der Waals surface area contributed by atoms with Crippen LogP contribution in [0.25, 0.3) is 0 Å². The predicted molar refractivity (Wildman–Crippen MR) is 128 cm³/mol. The van der Waals surface area contributed by atoms with Gasteiger partial charge in [0, 0.05) is 48.7 Å². The number of rotatable bonds is 9. The molecule has 0 radical (unpaired) electrons. The zero-order chi connectivity index (χ0) is 25.1. The van der Waals surface area contributed by atoms with Gasteiger partial charge in [0.2, 0.25) is 0 Å². The van der Waals surface area contributed by atoms with E-state index in [0.29, 0.717) is 35.8 Å². The number of aliphatic hydroxyl groups is 1. The average molecular weight is 485 g/mol. The lowest BCUT2D eigenvalue weighted by molar-refractivity contribution is -0.286. The topological polar surface area (TPSA) is 105 Å². The van der Waals surface area contributed by atoms with Crippen molar-refractivity contribution >= 4 is 23.1 Å². The number of nitrogens with one attached hydrogen (secondary N) is 3. The molecule has 35 heavy (non-hydrogen) atoms. The van der Waals surface area contributed by atoms with Gasteiger partial charge in [-0.25, -0.2) is 4.98 Å². The summed E-state index contributed by atoms with van der Waals surface area (Å²) in [5, 5.41) is 18.6. The van der Waals surface area contributed by atoms with Crippen LogP contribution in [-0.4, -0.2) is 35.4 Å². The second-order valence-electron chi connectivity index (χ2n) is 8.91. The zero-order valence-corrected chi connectivity index (χ0v) is 19.3. The minimum Gasteiger partial charge on any atom is -0.396 e. The maximum atomic E-state index is 13.3. The highest BCUT2D eigenvalue weighted by atomic mass is 19.3. The molecule has 1 aromatic heterocycles. The van der Waals surface area contributed by atoms with Crippen molar-refractivity contribution < 1.29 is 28.2 Å². The number of ether oxygens (including phenoxy) is 2. The molecular weight excluding hydrogens is 458 g/mol. The van der Waals surface area contributed by atoms with Crippen LogP contribution >= 0.6 is 0 Å². The molecule has 0 unspecified atom stereocenters. The van der Waals surface area contributed by atoms with Crippen LogP contribution in [0.1, 0.15) is 29.8 Å². The monoisotopic (exact) mass is 484 g/mol. The molecule has 0 aliphatic carbocycles. The highest BCUT2D eigenvalue weighted by molar-refractivity contribution is 6.08. The van der Waals surface area contributed by atoms with E-state index in [1.54, 1.807) is 30.5 Å². The minimum atomic E-state index is -3.72. The molecule has 0 bridgehead atoms. The number of alkyl halides is 2. The summed E-state index contributed by atoms with van der Waals surface area (Å²) in [4.78, 5) is 17.2. The number of hydrogen-bond acceptors (Lipinski definition) is 7. The number of amides is 1. The fourth-order valence-electron chi connectivity index (χ4n) is 3.32. The van der Waals surface area contributed by atoms with E-state index >= 15 is 0 Å². The molecule has 1 aliphatic heterocycles. The van der Waals surface area contributed by atoms with Gasteiger partial charge in [-0.15, -0.1) is 8.78 Å². The van der Waals surface area contributed by atoms with Gasteiger partial charge < -0.3 is 30.5 Å². The van der Waals surface area contributed by atoms with Crippen LogP contribution in [0.5, 0.6) is 11.5 Å². The third-order valence-corrected chi connectivity index (χ3v) is 5.31. The Morgan fingerprint density at radius 2 is 1.83 bits per heavy atom. The number of aromatic nitrogens is 1. The van der Waals surface area contributed by atoms with Gasteiger partial charge in [-0.05, 0) is 42.0 Å². The van der Waals surface area contributed by atoms with E-state index in [4.69, 9.17) is 0 Å². The Morgan fingerprint density at radius 3 is 2.63 bits per heavy atom. The van der Waals surface area contributed by atoms with E-state index in [0.717, 1.165) is 5.56 Å². The third-order valence-electron chi connectivity index (χ3n) is 5.31. The first kappa shape index (κ1) is 24.2. The van der Waals surface area contributed by atoms with E-state index in [9.17, 15) is 18.7 Å². The Labute approximate surface area is 201 Å². The normalized spacial score (nSPS) is 13.9. The van der Waals surface area contributed by atoms with Gasteiger partial charge in [0.25, 0.3) is 5.91 Å². The summed E-state index contributed by atoms with van der Waals surface area (Å²) < 4.78 is 35.3. The van der Waals surface area contributed by atoms with E-state index < -0.39 is 12.2 Å². The summed E-state index contributed by atoms with van der Waals surface area (Å²) in [5.74, 6) is 0.0252. The Morgan fingerprint density at radius 1 is 1.06 bits per heavy atom. The molecule has 0 saturated carbocycles. The van der Waals surface area contributed by atoms with E-state index in [2.05, 4.69) is 30.4 Å². The number of aliphatic hydroxyl groups excluding tert-OH is 1. The fourth-order valence-corrected chi connectivity index (χ4v) is 3.32. The molecule has 0 spiro atoms. The van der Waals surface area contributed by atoms with Gasteiger partial charge in [0.1, 0.15) is 5.82 Å². The van der Waals surface area contributed by atoms with Crippen LogP contribution in [-0.2, 0) is 6.54 Å². The number of benzene rings is 2.